The van der Waals surface area contributed by atoms with Gasteiger partial charge in [-0.15, -0.1) is 0 Å². The van der Waals surface area contributed by atoms with E-state index in [0.717, 1.165) is 18.4 Å². The number of hydrogen-bond donors (Lipinski definition) is 1. The lowest BCUT2D eigenvalue weighted by Gasteiger charge is -2.41. The van der Waals surface area contributed by atoms with Crippen molar-refractivity contribution in [2.75, 3.05) is 32.7 Å². The Kier molecular flexibility index (Phi) is 4.91. The third-order valence-corrected chi connectivity index (χ3v) is 5.72. The molecular weight excluding hydrogens is 234 g/mol. The van der Waals surface area contributed by atoms with Gasteiger partial charge in [0, 0.05) is 37.8 Å². The highest BCUT2D eigenvalue weighted by Crippen LogP contribution is 2.35. The molecule has 2 saturated heterocycles. The van der Waals surface area contributed by atoms with Gasteiger partial charge in [0.2, 0.25) is 0 Å². The minimum absolute atomic E-state index is 0.280. The fourth-order valence-electron chi connectivity index (χ4n) is 3.88. The smallest absolute Gasteiger partial charge is 0.0344 e. The van der Waals surface area contributed by atoms with E-state index in [1.165, 1.54) is 45.4 Å². The summed E-state index contributed by atoms with van der Waals surface area (Å²) in [5, 5.41) is 0. The topological polar surface area (TPSA) is 32.5 Å². The summed E-state index contributed by atoms with van der Waals surface area (Å²) in [4.78, 5) is 5.35. The standard InChI is InChI=1S/C16H33N3/c1-13(2)18-8-5-6-16(12-17,7-9-18)19-10-14(3)15(4)11-19/h13-15H,5-12,17H2,1-4H3. The van der Waals surface area contributed by atoms with Crippen molar-refractivity contribution in [3.8, 4) is 0 Å². The monoisotopic (exact) mass is 267 g/mol. The van der Waals surface area contributed by atoms with Crippen LogP contribution in [0.3, 0.4) is 0 Å². The Balaban J connectivity index is 2.06. The largest absolute Gasteiger partial charge is 0.329 e. The molecule has 0 bridgehead atoms. The minimum atomic E-state index is 0.280. The Morgan fingerprint density at radius 2 is 1.74 bits per heavy atom. The van der Waals surface area contributed by atoms with Gasteiger partial charge in [-0.2, -0.15) is 0 Å². The number of nitrogens with two attached hydrogens (primary N) is 1. The van der Waals surface area contributed by atoms with E-state index < -0.39 is 0 Å². The SMILES string of the molecule is CC1CN(C2(CN)CCCN(C(C)C)CC2)CC1C. The first kappa shape index (κ1) is 15.3. The summed E-state index contributed by atoms with van der Waals surface area (Å²) >= 11 is 0. The molecule has 0 aromatic heterocycles. The molecular formula is C16H33N3. The first-order valence-corrected chi connectivity index (χ1v) is 8.17. The Labute approximate surface area is 119 Å². The van der Waals surface area contributed by atoms with Crippen LogP contribution in [0.1, 0.15) is 47.0 Å². The zero-order chi connectivity index (χ0) is 14.0. The van der Waals surface area contributed by atoms with Gasteiger partial charge in [-0.05, 0) is 51.5 Å². The van der Waals surface area contributed by atoms with Gasteiger partial charge in [-0.3, -0.25) is 4.90 Å². The van der Waals surface area contributed by atoms with E-state index in [-0.39, 0.29) is 5.54 Å². The molecule has 2 fully saturated rings. The third kappa shape index (κ3) is 3.14. The van der Waals surface area contributed by atoms with E-state index in [0.29, 0.717) is 6.04 Å². The quantitative estimate of drug-likeness (QED) is 0.850. The van der Waals surface area contributed by atoms with Crippen LogP contribution in [0.5, 0.6) is 0 Å². The summed E-state index contributed by atoms with van der Waals surface area (Å²) in [7, 11) is 0. The first-order valence-electron chi connectivity index (χ1n) is 8.17. The lowest BCUT2D eigenvalue weighted by Crippen LogP contribution is -2.53. The molecule has 2 aliphatic heterocycles. The summed E-state index contributed by atoms with van der Waals surface area (Å²) in [5.41, 5.74) is 6.52. The van der Waals surface area contributed by atoms with Crippen LogP contribution in [-0.2, 0) is 0 Å². The molecule has 3 nitrogen and oxygen atoms in total. The van der Waals surface area contributed by atoms with E-state index in [4.69, 9.17) is 5.73 Å². The van der Waals surface area contributed by atoms with Crippen LogP contribution in [0, 0.1) is 11.8 Å². The van der Waals surface area contributed by atoms with Crippen LogP contribution < -0.4 is 5.73 Å². The Hall–Kier alpha value is -0.120. The van der Waals surface area contributed by atoms with E-state index in [1.54, 1.807) is 0 Å². The summed E-state index contributed by atoms with van der Waals surface area (Å²) in [6.45, 7) is 15.2. The Morgan fingerprint density at radius 3 is 2.26 bits per heavy atom. The molecule has 3 unspecified atom stereocenters. The van der Waals surface area contributed by atoms with Gasteiger partial charge in [-0.25, -0.2) is 0 Å². The van der Waals surface area contributed by atoms with Crippen molar-refractivity contribution in [3.05, 3.63) is 0 Å². The van der Waals surface area contributed by atoms with Crippen LogP contribution in [0.4, 0.5) is 0 Å². The highest BCUT2D eigenvalue weighted by atomic mass is 15.3. The number of nitrogens with zero attached hydrogens (tertiary/aromatic N) is 2. The van der Waals surface area contributed by atoms with Crippen LogP contribution in [0.15, 0.2) is 0 Å². The van der Waals surface area contributed by atoms with Gasteiger partial charge in [-0.1, -0.05) is 13.8 Å². The van der Waals surface area contributed by atoms with Gasteiger partial charge in [0.05, 0.1) is 0 Å². The van der Waals surface area contributed by atoms with Crippen molar-refractivity contribution >= 4 is 0 Å². The predicted octanol–water partition coefficient (Wildman–Crippen LogP) is 2.17. The third-order valence-electron chi connectivity index (χ3n) is 5.72. The molecule has 112 valence electrons. The summed E-state index contributed by atoms with van der Waals surface area (Å²) < 4.78 is 0. The second-order valence-corrected chi connectivity index (χ2v) is 7.27. The fraction of sp³-hybridized carbons (Fsp3) is 1.00. The highest BCUT2D eigenvalue weighted by Gasteiger charge is 2.41. The van der Waals surface area contributed by atoms with Crippen LogP contribution in [-0.4, -0.2) is 54.1 Å². The summed E-state index contributed by atoms with van der Waals surface area (Å²) in [6, 6.07) is 0.671. The van der Waals surface area contributed by atoms with Gasteiger partial charge < -0.3 is 10.6 Å². The van der Waals surface area contributed by atoms with Gasteiger partial charge in [0.15, 0.2) is 0 Å². The Morgan fingerprint density at radius 1 is 1.11 bits per heavy atom. The summed E-state index contributed by atoms with van der Waals surface area (Å²) in [6.07, 6.45) is 3.84. The van der Waals surface area contributed by atoms with Gasteiger partial charge in [0.1, 0.15) is 0 Å². The van der Waals surface area contributed by atoms with E-state index >= 15 is 0 Å². The molecule has 0 spiro atoms. The number of hydrogen-bond acceptors (Lipinski definition) is 3. The molecule has 2 aliphatic rings. The van der Waals surface area contributed by atoms with Crippen molar-refractivity contribution in [1.82, 2.24) is 9.80 Å². The molecule has 2 heterocycles. The molecule has 0 aliphatic carbocycles. The van der Waals surface area contributed by atoms with Crippen molar-refractivity contribution in [1.29, 1.82) is 0 Å². The van der Waals surface area contributed by atoms with Crippen molar-refractivity contribution in [2.24, 2.45) is 17.6 Å². The second kappa shape index (κ2) is 6.11. The lowest BCUT2D eigenvalue weighted by molar-refractivity contribution is 0.0970. The average molecular weight is 267 g/mol. The van der Waals surface area contributed by atoms with E-state index in [2.05, 4.69) is 37.5 Å². The maximum absolute atomic E-state index is 6.24. The van der Waals surface area contributed by atoms with Crippen LogP contribution >= 0.6 is 0 Å². The normalized spacial score (nSPS) is 38.8. The summed E-state index contributed by atoms with van der Waals surface area (Å²) in [5.74, 6) is 1.65. The zero-order valence-corrected chi connectivity index (χ0v) is 13.4. The molecule has 0 radical (unpaired) electrons. The second-order valence-electron chi connectivity index (χ2n) is 7.27. The van der Waals surface area contributed by atoms with E-state index in [9.17, 15) is 0 Å². The molecule has 0 aromatic rings. The molecule has 0 aromatic carbocycles. The predicted molar refractivity (Wildman–Crippen MR) is 82.2 cm³/mol. The average Bonchev–Trinajstić information content (AvgIpc) is 2.62. The molecule has 0 saturated carbocycles. The maximum Gasteiger partial charge on any atom is 0.0344 e. The zero-order valence-electron chi connectivity index (χ0n) is 13.4. The molecule has 3 atom stereocenters. The maximum atomic E-state index is 6.24. The van der Waals surface area contributed by atoms with Gasteiger partial charge >= 0.3 is 0 Å². The van der Waals surface area contributed by atoms with Crippen LogP contribution in [0.25, 0.3) is 0 Å². The fourth-order valence-corrected chi connectivity index (χ4v) is 3.88. The molecule has 3 heteroatoms. The van der Waals surface area contributed by atoms with Crippen molar-refractivity contribution in [3.63, 3.8) is 0 Å². The minimum Gasteiger partial charge on any atom is -0.329 e. The van der Waals surface area contributed by atoms with E-state index in [1.807, 2.05) is 0 Å². The van der Waals surface area contributed by atoms with Crippen LogP contribution in [0.2, 0.25) is 0 Å². The van der Waals surface area contributed by atoms with Crippen molar-refractivity contribution in [2.45, 2.75) is 58.5 Å². The first-order chi connectivity index (χ1) is 8.98. The van der Waals surface area contributed by atoms with Crippen molar-refractivity contribution < 1.29 is 0 Å². The Bertz CT molecular complexity index is 282. The molecule has 2 N–H and O–H groups in total. The van der Waals surface area contributed by atoms with Gasteiger partial charge in [0.25, 0.3) is 0 Å². The molecule has 19 heavy (non-hydrogen) atoms. The lowest BCUT2D eigenvalue weighted by atomic mass is 9.88. The number of rotatable bonds is 3. The number of likely N-dealkylation sites (tertiary alicyclic amines) is 2. The highest BCUT2D eigenvalue weighted by molar-refractivity contribution is 4.98. The molecule has 2 rings (SSSR count). The molecule has 0 amide bonds.